The Morgan fingerprint density at radius 2 is 1.70 bits per heavy atom. The van der Waals surface area contributed by atoms with E-state index >= 15 is 0 Å². The molecule has 1 atom stereocenters. The molecule has 0 saturated heterocycles. The minimum Gasteiger partial charge on any atom is -0.326 e. The van der Waals surface area contributed by atoms with Crippen LogP contribution in [0.4, 0.5) is 0 Å². The average molecular weight is 192 g/mol. The van der Waals surface area contributed by atoms with E-state index < -0.39 is 16.1 Å². The standard InChI is InChI=1S/C2H6.H4O6P2/c1-2;1-7(2)6-8(3,4)5/h1-2H3;7H,(H,1,2)(H2,3,4,5). The van der Waals surface area contributed by atoms with E-state index in [1.54, 1.807) is 0 Å². The van der Waals surface area contributed by atoms with Crippen LogP contribution in [0, 0.1) is 0 Å². The second-order valence-electron chi connectivity index (χ2n) is 0.848. The van der Waals surface area contributed by atoms with Gasteiger partial charge in [0.2, 0.25) is 0 Å². The highest BCUT2D eigenvalue weighted by atomic mass is 31.2. The van der Waals surface area contributed by atoms with Crippen LogP contribution in [0.3, 0.4) is 0 Å². The maximum absolute atomic E-state index is 9.58. The quantitative estimate of drug-likeness (QED) is 0.550. The first-order valence-corrected chi connectivity index (χ1v) is 5.19. The Balaban J connectivity index is 0. The Labute approximate surface area is 59.0 Å². The van der Waals surface area contributed by atoms with Crippen molar-refractivity contribution in [2.24, 2.45) is 0 Å². The summed E-state index contributed by atoms with van der Waals surface area (Å²) >= 11 is 0. The molecule has 0 aliphatic heterocycles. The van der Waals surface area contributed by atoms with Gasteiger partial charge < -0.3 is 14.7 Å². The van der Waals surface area contributed by atoms with Gasteiger partial charge in [-0.15, -0.1) is 0 Å². The van der Waals surface area contributed by atoms with E-state index in [0.29, 0.717) is 0 Å². The highest BCUT2D eigenvalue weighted by molar-refractivity contribution is 7.54. The van der Waals surface area contributed by atoms with Gasteiger partial charge in [-0.3, -0.25) is 4.57 Å². The first-order chi connectivity index (χ1) is 4.42. The van der Waals surface area contributed by atoms with Gasteiger partial charge in [-0.25, -0.2) is 8.88 Å². The molecule has 1 unspecified atom stereocenters. The van der Waals surface area contributed by atoms with Crippen LogP contribution in [-0.2, 0) is 13.4 Å². The third kappa shape index (κ3) is 15.7. The Kier molecular flexibility index (Phi) is 7.81. The van der Waals surface area contributed by atoms with Crippen LogP contribution in [0.1, 0.15) is 13.8 Å². The van der Waals surface area contributed by atoms with Crippen molar-refractivity contribution in [3.63, 3.8) is 0 Å². The van der Waals surface area contributed by atoms with E-state index in [9.17, 15) is 9.13 Å². The Bertz CT molecular complexity index is 137. The molecule has 0 saturated carbocycles. The number of phosphoric acid groups is 1. The molecule has 0 aliphatic rings. The summed E-state index contributed by atoms with van der Waals surface area (Å²) in [5, 5.41) is 0. The van der Waals surface area contributed by atoms with Crippen molar-refractivity contribution < 1.29 is 28.1 Å². The van der Waals surface area contributed by atoms with E-state index in [1.807, 2.05) is 13.8 Å². The molecule has 64 valence electrons. The van der Waals surface area contributed by atoms with Gasteiger partial charge in [0.05, 0.1) is 0 Å². The van der Waals surface area contributed by atoms with E-state index in [1.165, 1.54) is 0 Å². The summed E-state index contributed by atoms with van der Waals surface area (Å²) in [6, 6.07) is 0. The van der Waals surface area contributed by atoms with Gasteiger partial charge in [0, 0.05) is 0 Å². The largest absolute Gasteiger partial charge is 0.476 e. The molecule has 8 heteroatoms. The zero-order chi connectivity index (χ0) is 8.78. The molecule has 0 aromatic carbocycles. The SMILES string of the molecule is CC.O=[PH](O)OP(=O)(O)O. The third-order valence-electron chi connectivity index (χ3n) is 0.197. The van der Waals surface area contributed by atoms with E-state index in [-0.39, 0.29) is 0 Å². The molecule has 0 amide bonds. The maximum Gasteiger partial charge on any atom is 0.476 e. The zero-order valence-electron chi connectivity index (χ0n) is 5.51. The van der Waals surface area contributed by atoms with E-state index in [0.717, 1.165) is 0 Å². The summed E-state index contributed by atoms with van der Waals surface area (Å²) in [6.45, 7) is 4.00. The molecule has 0 fully saturated rings. The molecule has 0 aromatic heterocycles. The molecule has 0 heterocycles. The van der Waals surface area contributed by atoms with Crippen molar-refractivity contribution in [1.29, 1.82) is 0 Å². The summed E-state index contributed by atoms with van der Waals surface area (Å²) in [5.41, 5.74) is 0. The van der Waals surface area contributed by atoms with Crippen LogP contribution in [0.2, 0.25) is 0 Å². The zero-order valence-corrected chi connectivity index (χ0v) is 7.41. The molecule has 0 aliphatic carbocycles. The van der Waals surface area contributed by atoms with Gasteiger partial charge in [0.1, 0.15) is 0 Å². The van der Waals surface area contributed by atoms with Crippen molar-refractivity contribution >= 4 is 16.1 Å². The van der Waals surface area contributed by atoms with Gasteiger partial charge in [0.15, 0.2) is 0 Å². The molecule has 0 radical (unpaired) electrons. The maximum atomic E-state index is 9.58. The fourth-order valence-corrected chi connectivity index (χ4v) is 0.916. The van der Waals surface area contributed by atoms with Gasteiger partial charge in [-0.05, 0) is 0 Å². The lowest BCUT2D eigenvalue weighted by Crippen LogP contribution is -1.75. The van der Waals surface area contributed by atoms with Crippen molar-refractivity contribution in [1.82, 2.24) is 0 Å². The summed E-state index contributed by atoms with van der Waals surface area (Å²) in [7, 11) is -8.24. The lowest BCUT2D eigenvalue weighted by Gasteiger charge is -1.97. The minimum absolute atomic E-state index is 2.00. The highest BCUT2D eigenvalue weighted by Crippen LogP contribution is 2.45. The van der Waals surface area contributed by atoms with Crippen LogP contribution >= 0.6 is 16.1 Å². The fraction of sp³-hybridized carbons (Fsp3) is 1.00. The molecule has 0 bridgehead atoms. The third-order valence-corrected chi connectivity index (χ3v) is 1.77. The summed E-state index contributed by atoms with van der Waals surface area (Å²) in [6.07, 6.45) is 0. The van der Waals surface area contributed by atoms with Crippen molar-refractivity contribution in [3.8, 4) is 0 Å². The van der Waals surface area contributed by atoms with Crippen LogP contribution in [0.5, 0.6) is 0 Å². The molecule has 3 N–H and O–H groups in total. The normalized spacial score (nSPS) is 13.3. The van der Waals surface area contributed by atoms with Crippen molar-refractivity contribution in [2.75, 3.05) is 0 Å². The Morgan fingerprint density at radius 1 is 1.40 bits per heavy atom. The first-order valence-electron chi connectivity index (χ1n) is 2.40. The topological polar surface area (TPSA) is 104 Å². The molecule has 6 nitrogen and oxygen atoms in total. The fourth-order valence-electron chi connectivity index (χ4n) is 0.102. The molecule has 0 spiro atoms. The van der Waals surface area contributed by atoms with Crippen LogP contribution in [-0.4, -0.2) is 14.7 Å². The molecule has 0 rings (SSSR count). The van der Waals surface area contributed by atoms with Crippen LogP contribution in [0.25, 0.3) is 0 Å². The number of rotatable bonds is 2. The molecule has 0 aromatic rings. The van der Waals surface area contributed by atoms with Crippen LogP contribution < -0.4 is 0 Å². The molecular formula is C2H10O6P2. The Morgan fingerprint density at radius 3 is 1.70 bits per heavy atom. The van der Waals surface area contributed by atoms with Crippen molar-refractivity contribution in [3.05, 3.63) is 0 Å². The summed E-state index contributed by atoms with van der Waals surface area (Å²) in [4.78, 5) is 23.2. The van der Waals surface area contributed by atoms with Crippen molar-refractivity contribution in [2.45, 2.75) is 13.8 Å². The van der Waals surface area contributed by atoms with E-state index in [2.05, 4.69) is 4.31 Å². The van der Waals surface area contributed by atoms with Gasteiger partial charge in [0.25, 0.3) is 0 Å². The highest BCUT2D eigenvalue weighted by Gasteiger charge is 2.15. The summed E-state index contributed by atoms with van der Waals surface area (Å²) in [5.74, 6) is 0. The minimum atomic E-state index is -4.74. The lowest BCUT2D eigenvalue weighted by atomic mass is 11.0. The summed E-state index contributed by atoms with van der Waals surface area (Å²) < 4.78 is 22.3. The van der Waals surface area contributed by atoms with Crippen LogP contribution in [0.15, 0.2) is 0 Å². The average Bonchev–Trinajstić information content (AvgIpc) is 1.64. The van der Waals surface area contributed by atoms with Gasteiger partial charge in [-0.1, -0.05) is 13.8 Å². The van der Waals surface area contributed by atoms with E-state index in [4.69, 9.17) is 14.7 Å². The lowest BCUT2D eigenvalue weighted by molar-refractivity contribution is 0.273. The smallest absolute Gasteiger partial charge is 0.326 e. The first kappa shape index (κ1) is 12.9. The second-order valence-corrected chi connectivity index (χ2v) is 3.09. The number of hydrogen-bond acceptors (Lipinski definition) is 3. The van der Waals surface area contributed by atoms with Gasteiger partial charge in [-0.2, -0.15) is 0 Å². The Hall–Kier alpha value is 0.300. The monoisotopic (exact) mass is 192 g/mol. The van der Waals surface area contributed by atoms with Gasteiger partial charge >= 0.3 is 16.1 Å². The molecule has 10 heavy (non-hydrogen) atoms. The predicted octanol–water partition coefficient (Wildman–Crippen LogP) is 0.504. The predicted molar refractivity (Wildman–Crippen MR) is 35.7 cm³/mol. The number of hydrogen-bond donors (Lipinski definition) is 3. The second kappa shape index (κ2) is 6.04. The molecular weight excluding hydrogens is 182 g/mol.